The van der Waals surface area contributed by atoms with Crippen molar-refractivity contribution in [2.24, 2.45) is 0 Å². The number of rotatable bonds is 8. The Kier molecular flexibility index (Phi) is 8.15. The molecule has 5 rings (SSSR count). The molecule has 0 saturated carbocycles. The van der Waals surface area contributed by atoms with Gasteiger partial charge < -0.3 is 10.2 Å². The second kappa shape index (κ2) is 11.7. The van der Waals surface area contributed by atoms with E-state index in [2.05, 4.69) is 31.1 Å². The molecule has 7 nitrogen and oxygen atoms in total. The van der Waals surface area contributed by atoms with Crippen LogP contribution in [0.2, 0.25) is 0 Å². The van der Waals surface area contributed by atoms with Crippen molar-refractivity contribution in [1.29, 1.82) is 0 Å². The minimum Gasteiger partial charge on any atom is -0.302 e. The van der Waals surface area contributed by atoms with E-state index >= 15 is 0 Å². The summed E-state index contributed by atoms with van der Waals surface area (Å²) in [6, 6.07) is 15.3. The van der Waals surface area contributed by atoms with E-state index < -0.39 is 0 Å². The van der Waals surface area contributed by atoms with Gasteiger partial charge in [0, 0.05) is 28.5 Å². The topological polar surface area (TPSA) is 80.1 Å². The van der Waals surface area contributed by atoms with E-state index in [1.54, 1.807) is 4.57 Å². The van der Waals surface area contributed by atoms with E-state index in [-0.39, 0.29) is 17.2 Å². The first kappa shape index (κ1) is 25.1. The maximum absolute atomic E-state index is 13.3. The maximum atomic E-state index is 13.3. The number of nitrogens with one attached hydrogen (secondary N) is 1. The highest BCUT2D eigenvalue weighted by atomic mass is 79.9. The van der Waals surface area contributed by atoms with Gasteiger partial charge >= 0.3 is 0 Å². The van der Waals surface area contributed by atoms with Crippen LogP contribution in [0.15, 0.2) is 68.3 Å². The molecule has 0 aliphatic carbocycles. The zero-order valence-corrected chi connectivity index (χ0v) is 22.9. The quantitative estimate of drug-likeness (QED) is 0.218. The smallest absolute Gasteiger partial charge is 0.262 e. The SMILES string of the molecule is O=C(CSc1nc2ccccc2c(=O)n1CCN1CCCCC1)Nc1nc(-c2cccc(Br)c2)cs1. The summed E-state index contributed by atoms with van der Waals surface area (Å²) in [6.45, 7) is 3.49. The molecule has 186 valence electrons. The summed E-state index contributed by atoms with van der Waals surface area (Å²) in [7, 11) is 0. The second-order valence-electron chi connectivity index (χ2n) is 8.66. The van der Waals surface area contributed by atoms with Crippen LogP contribution in [0.5, 0.6) is 0 Å². The minimum atomic E-state index is -0.180. The van der Waals surface area contributed by atoms with Crippen LogP contribution in [0.3, 0.4) is 0 Å². The molecule has 36 heavy (non-hydrogen) atoms. The summed E-state index contributed by atoms with van der Waals surface area (Å²) in [6.07, 6.45) is 3.67. The lowest BCUT2D eigenvalue weighted by Crippen LogP contribution is -2.35. The number of benzene rings is 2. The standard InChI is InChI=1S/C26H26BrN5O2S2/c27-19-8-6-7-18(15-19)22-16-35-25(28-22)30-23(33)17-36-26-29-21-10-3-2-9-20(21)24(34)32(26)14-13-31-11-4-1-5-12-31/h2-3,6-10,15-16H,1,4-5,11-14,17H2,(H,28,30,33). The highest BCUT2D eigenvalue weighted by molar-refractivity contribution is 9.10. The molecule has 0 atom stereocenters. The normalized spacial score (nSPS) is 14.2. The molecule has 2 aromatic heterocycles. The third-order valence-corrected chi connectivity index (χ3v) is 8.35. The fraction of sp³-hybridized carbons (Fsp3) is 0.308. The molecule has 0 radical (unpaired) electrons. The lowest BCUT2D eigenvalue weighted by molar-refractivity contribution is -0.113. The molecule has 2 aromatic carbocycles. The van der Waals surface area contributed by atoms with Crippen molar-refractivity contribution in [1.82, 2.24) is 19.4 Å². The number of thiazole rings is 1. The molecule has 0 bridgehead atoms. The predicted octanol–water partition coefficient (Wildman–Crippen LogP) is 5.50. The van der Waals surface area contributed by atoms with E-state index in [0.717, 1.165) is 35.4 Å². The third kappa shape index (κ3) is 6.05. The fourth-order valence-electron chi connectivity index (χ4n) is 4.28. The Morgan fingerprint density at radius 1 is 1.06 bits per heavy atom. The molecule has 1 aliphatic heterocycles. The molecule has 1 fully saturated rings. The van der Waals surface area contributed by atoms with E-state index in [4.69, 9.17) is 4.98 Å². The van der Waals surface area contributed by atoms with Gasteiger partial charge in [-0.25, -0.2) is 9.97 Å². The Labute approximate surface area is 226 Å². The lowest BCUT2D eigenvalue weighted by Gasteiger charge is -2.26. The number of para-hydroxylation sites is 1. The summed E-state index contributed by atoms with van der Waals surface area (Å²) >= 11 is 6.15. The number of halogens is 1. The fourth-order valence-corrected chi connectivity index (χ4v) is 6.24. The largest absolute Gasteiger partial charge is 0.302 e. The monoisotopic (exact) mass is 583 g/mol. The molecular weight excluding hydrogens is 558 g/mol. The number of fused-ring (bicyclic) bond motifs is 1. The lowest BCUT2D eigenvalue weighted by atomic mass is 10.1. The van der Waals surface area contributed by atoms with Gasteiger partial charge in [0.25, 0.3) is 5.56 Å². The van der Waals surface area contributed by atoms with Crippen LogP contribution in [0.1, 0.15) is 19.3 Å². The summed E-state index contributed by atoms with van der Waals surface area (Å²) in [4.78, 5) is 37.7. The minimum absolute atomic E-state index is 0.0564. The predicted molar refractivity (Wildman–Crippen MR) is 151 cm³/mol. The summed E-state index contributed by atoms with van der Waals surface area (Å²) in [5.41, 5.74) is 2.39. The molecule has 0 spiro atoms. The van der Waals surface area contributed by atoms with Crippen LogP contribution in [0.4, 0.5) is 5.13 Å². The third-order valence-electron chi connectivity index (χ3n) is 6.12. The Morgan fingerprint density at radius 3 is 2.72 bits per heavy atom. The van der Waals surface area contributed by atoms with E-state index in [9.17, 15) is 9.59 Å². The van der Waals surface area contributed by atoms with Gasteiger partial charge in [-0.05, 0) is 50.2 Å². The average molecular weight is 585 g/mol. The van der Waals surface area contributed by atoms with Crippen molar-refractivity contribution in [3.8, 4) is 11.3 Å². The van der Waals surface area contributed by atoms with Gasteiger partial charge in [-0.2, -0.15) is 0 Å². The Bertz CT molecular complexity index is 1430. The molecule has 1 amide bonds. The summed E-state index contributed by atoms with van der Waals surface area (Å²) in [5, 5.41) is 6.53. The maximum Gasteiger partial charge on any atom is 0.262 e. The van der Waals surface area contributed by atoms with E-state index in [0.29, 0.717) is 27.7 Å². The van der Waals surface area contributed by atoms with Crippen LogP contribution < -0.4 is 10.9 Å². The van der Waals surface area contributed by atoms with Gasteiger partial charge in [-0.15, -0.1) is 11.3 Å². The molecule has 3 heterocycles. The number of amides is 1. The molecule has 1 N–H and O–H groups in total. The van der Waals surface area contributed by atoms with Gasteiger partial charge in [0.1, 0.15) is 0 Å². The summed E-state index contributed by atoms with van der Waals surface area (Å²) < 4.78 is 2.70. The first-order valence-electron chi connectivity index (χ1n) is 11.9. The number of hydrogen-bond acceptors (Lipinski definition) is 7. The number of carbonyl (C=O) groups is 1. The number of aromatic nitrogens is 3. The van der Waals surface area contributed by atoms with Crippen molar-refractivity contribution in [3.63, 3.8) is 0 Å². The van der Waals surface area contributed by atoms with Gasteiger partial charge in [-0.3, -0.25) is 14.2 Å². The molecular formula is C26H26BrN5O2S2. The van der Waals surface area contributed by atoms with E-state index in [1.165, 1.54) is 42.4 Å². The molecule has 1 saturated heterocycles. The van der Waals surface area contributed by atoms with Crippen LogP contribution in [0.25, 0.3) is 22.2 Å². The van der Waals surface area contributed by atoms with Crippen LogP contribution in [-0.2, 0) is 11.3 Å². The Hall–Kier alpha value is -2.53. The average Bonchev–Trinajstić information content (AvgIpc) is 3.36. The van der Waals surface area contributed by atoms with Crippen molar-refractivity contribution in [2.45, 2.75) is 31.0 Å². The van der Waals surface area contributed by atoms with Gasteiger partial charge in [0.2, 0.25) is 5.91 Å². The van der Waals surface area contributed by atoms with Gasteiger partial charge in [0.15, 0.2) is 10.3 Å². The number of carbonyl (C=O) groups excluding carboxylic acids is 1. The number of anilines is 1. The van der Waals surface area contributed by atoms with E-state index in [1.807, 2.05) is 53.9 Å². The van der Waals surface area contributed by atoms with Crippen LogP contribution >= 0.6 is 39.0 Å². The molecule has 10 heteroatoms. The Morgan fingerprint density at radius 2 is 1.89 bits per heavy atom. The molecule has 1 aliphatic rings. The van der Waals surface area contributed by atoms with Crippen LogP contribution in [0, 0.1) is 0 Å². The summed E-state index contributed by atoms with van der Waals surface area (Å²) in [5.74, 6) is -0.0413. The first-order chi connectivity index (χ1) is 17.6. The van der Waals surface area contributed by atoms with Crippen LogP contribution in [-0.4, -0.2) is 50.7 Å². The second-order valence-corrected chi connectivity index (χ2v) is 11.4. The molecule has 0 unspecified atom stereocenters. The number of hydrogen-bond donors (Lipinski definition) is 1. The highest BCUT2D eigenvalue weighted by Gasteiger charge is 2.16. The van der Waals surface area contributed by atoms with Gasteiger partial charge in [-0.1, -0.05) is 58.4 Å². The zero-order chi connectivity index (χ0) is 24.9. The Balaban J connectivity index is 1.29. The number of nitrogens with zero attached hydrogens (tertiary/aromatic N) is 4. The highest BCUT2D eigenvalue weighted by Crippen LogP contribution is 2.27. The van der Waals surface area contributed by atoms with Crippen molar-refractivity contribution >= 4 is 61.0 Å². The number of piperidine rings is 1. The number of likely N-dealkylation sites (tertiary alicyclic amines) is 1. The van der Waals surface area contributed by atoms with Crippen molar-refractivity contribution < 1.29 is 4.79 Å². The first-order valence-corrected chi connectivity index (χ1v) is 14.6. The zero-order valence-electron chi connectivity index (χ0n) is 19.7. The van der Waals surface area contributed by atoms with Crippen molar-refractivity contribution in [2.75, 3.05) is 30.7 Å². The van der Waals surface area contributed by atoms with Gasteiger partial charge in [0.05, 0.1) is 22.3 Å². The number of thioether (sulfide) groups is 1. The van der Waals surface area contributed by atoms with Crippen molar-refractivity contribution in [3.05, 3.63) is 68.7 Å². The molecule has 4 aromatic rings.